The topological polar surface area (TPSA) is 0 Å². The number of rotatable bonds is 3. The van der Waals surface area contributed by atoms with Crippen molar-refractivity contribution >= 4 is 0 Å². The maximum atomic E-state index is 2.49. The Labute approximate surface area is 560 Å². The van der Waals surface area contributed by atoms with Gasteiger partial charge in [-0.25, -0.2) is 0 Å². The predicted octanol–water partition coefficient (Wildman–Crippen LogP) is 22.5. The van der Waals surface area contributed by atoms with Gasteiger partial charge in [-0.3, -0.25) is 0 Å². The first-order chi connectivity index (χ1) is 46.8. The summed E-state index contributed by atoms with van der Waals surface area (Å²) in [4.78, 5) is 0. The lowest BCUT2D eigenvalue weighted by molar-refractivity contribution is 1.09. The molecule has 0 aromatic heterocycles. The van der Waals surface area contributed by atoms with Crippen LogP contribution in [0, 0.1) is 0 Å². The first kappa shape index (κ1) is 57.9. The van der Waals surface area contributed by atoms with Gasteiger partial charge in [0.1, 0.15) is 0 Å². The molecule has 0 aliphatic heterocycles. The first-order valence-corrected chi connectivity index (χ1v) is 34.2. The van der Waals surface area contributed by atoms with Crippen molar-refractivity contribution in [1.29, 1.82) is 0 Å². The minimum atomic E-state index is 0.823. The van der Waals surface area contributed by atoms with Crippen molar-refractivity contribution < 1.29 is 0 Å². The molecule has 0 unspecified atom stereocenters. The molecule has 0 spiro atoms. The van der Waals surface area contributed by atoms with E-state index in [2.05, 4.69) is 315 Å². The van der Waals surface area contributed by atoms with E-state index >= 15 is 0 Å². The Morgan fingerprint density at radius 1 is 0.126 bits per heavy atom. The van der Waals surface area contributed by atoms with E-state index in [1.54, 1.807) is 0 Å². The fraction of sp³-hybridized carbons (Fsp3) is 0.116. The molecule has 28 bridgehead atoms. The minimum absolute atomic E-state index is 0.823. The van der Waals surface area contributed by atoms with Gasteiger partial charge in [0, 0.05) is 0 Å². The third kappa shape index (κ3) is 13.5. The highest BCUT2D eigenvalue weighted by Crippen LogP contribution is 2.36. The zero-order valence-corrected chi connectivity index (χ0v) is 53.8. The SMILES string of the molecule is c1ccc(Cc2ccc(-c3cc4cc(c3)Cc3cc5cc(c3)-c3ccc(cc3)Cc3ccc(cc3)-c3cc6cc(c3)Cc3cc(cc(c3)-c3ccc(cc3)Cc3ccc(cc3)-c3cc(cc(c3)C5)Cc3cccc(c3)C4)Cc3cccc(c3)Cc3cccc(c3)C6)cc2)cc1. The maximum Gasteiger partial charge on any atom is -0.00251 e. The highest BCUT2D eigenvalue weighted by atomic mass is 14.2. The van der Waals surface area contributed by atoms with E-state index in [1.807, 2.05) is 0 Å². The maximum absolute atomic E-state index is 2.49. The molecule has 9 aliphatic rings. The second-order valence-corrected chi connectivity index (χ2v) is 27.6. The Bertz CT molecular complexity index is 5140. The molecule has 0 heteroatoms. The smallest absolute Gasteiger partial charge is 0.00251 e. The van der Waals surface area contributed by atoms with E-state index in [0.29, 0.717) is 0 Å². The molecule has 0 fully saturated rings. The van der Waals surface area contributed by atoms with Gasteiger partial charge in [-0.05, 0) is 249 Å². The molecule has 0 nitrogen and oxygen atoms in total. The zero-order valence-electron chi connectivity index (χ0n) is 53.8. The molecular weight excluding hydrogens is 1140 g/mol. The summed E-state index contributed by atoms with van der Waals surface area (Å²) in [6.07, 6.45) is 9.52. The molecule has 9 aliphatic carbocycles. The largest absolute Gasteiger partial charge is 0.0622 e. The van der Waals surface area contributed by atoms with Crippen LogP contribution in [0.3, 0.4) is 0 Å². The van der Waals surface area contributed by atoms with Gasteiger partial charge in [-0.15, -0.1) is 0 Å². The fourth-order valence-electron chi connectivity index (χ4n) is 15.5. The second-order valence-electron chi connectivity index (χ2n) is 27.6. The third-order valence-corrected chi connectivity index (χ3v) is 20.0. The van der Waals surface area contributed by atoms with Crippen molar-refractivity contribution in [3.8, 4) is 55.6 Å². The van der Waals surface area contributed by atoms with Gasteiger partial charge in [0.25, 0.3) is 0 Å². The quantitative estimate of drug-likeness (QED) is 0.165. The van der Waals surface area contributed by atoms with Crippen molar-refractivity contribution in [2.75, 3.05) is 0 Å². The average Bonchev–Trinajstić information content (AvgIpc) is 0.967. The summed E-state index contributed by atoms with van der Waals surface area (Å²) in [6, 6.07) is 122. The van der Waals surface area contributed by atoms with Gasteiger partial charge in [-0.1, -0.05) is 315 Å². The predicted molar refractivity (Wildman–Crippen MR) is 396 cm³/mol. The Balaban J connectivity index is 0.761. The minimum Gasteiger partial charge on any atom is -0.0622 e. The standard InChI is InChI=1S/C95H74/c1-2-7-64(8-3-1)35-65-15-25-86(26-16-65)91-56-78-44-74-13-6-14-75(41-74)45-79-49-83-52-85-53-84(51-82(48-78)60-91)62-95(63-85)90-33-23-69(24-34-90)37-68-19-29-88(30-20-68)93-55-77-43-73-12-5-10-71(40-73)38-70-9-4-11-72(39-70)42-76-46-80(50-81(47-77)59-93)58-92(54-76)87-27-17-66(18-28-87)36-67-21-31-89(32-22-67)94(57-79)61-83/h1-34,39-41,46-49,53-63H,35-38,42-45,50-52H2. The summed E-state index contributed by atoms with van der Waals surface area (Å²) in [5, 5.41) is 0. The number of fused-ring (bicyclic) bond motifs is 12. The van der Waals surface area contributed by atoms with E-state index in [1.165, 1.54) is 178 Å². The van der Waals surface area contributed by atoms with Crippen LogP contribution in [0.2, 0.25) is 0 Å². The van der Waals surface area contributed by atoms with Gasteiger partial charge in [0.05, 0.1) is 0 Å². The summed E-state index contributed by atoms with van der Waals surface area (Å²) in [5.41, 5.74) is 41.9. The molecule has 0 amide bonds. The fourth-order valence-corrected chi connectivity index (χ4v) is 15.5. The van der Waals surface area contributed by atoms with Crippen LogP contribution < -0.4 is 0 Å². The van der Waals surface area contributed by atoms with E-state index in [4.69, 9.17) is 0 Å². The zero-order chi connectivity index (χ0) is 63.0. The summed E-state index contributed by atoms with van der Waals surface area (Å²) in [7, 11) is 0. The summed E-state index contributed by atoms with van der Waals surface area (Å²) in [6.45, 7) is 0. The van der Waals surface area contributed by atoms with E-state index in [9.17, 15) is 0 Å². The van der Waals surface area contributed by atoms with Crippen molar-refractivity contribution in [3.05, 3.63) is 438 Å². The van der Waals surface area contributed by atoms with Crippen LogP contribution in [0.5, 0.6) is 0 Å². The summed E-state index contributed by atoms with van der Waals surface area (Å²) in [5.74, 6) is 0. The lowest BCUT2D eigenvalue weighted by Crippen LogP contribution is -2.00. The van der Waals surface area contributed by atoms with Crippen LogP contribution in [0.25, 0.3) is 55.6 Å². The average molecular weight is 1220 g/mol. The van der Waals surface area contributed by atoms with Crippen molar-refractivity contribution in [3.63, 3.8) is 0 Å². The monoisotopic (exact) mass is 1210 g/mol. The first-order valence-electron chi connectivity index (χ1n) is 34.2. The number of hydrogen-bond acceptors (Lipinski definition) is 0. The summed E-state index contributed by atoms with van der Waals surface area (Å²) >= 11 is 0. The normalized spacial score (nSPS) is 13.1. The Morgan fingerprint density at radius 3 is 0.568 bits per heavy atom. The lowest BCUT2D eigenvalue weighted by atomic mass is 9.88. The molecule has 0 radical (unpaired) electrons. The molecule has 454 valence electrons. The molecular formula is C95H74. The second kappa shape index (κ2) is 25.5. The van der Waals surface area contributed by atoms with Crippen LogP contribution in [0.1, 0.15) is 122 Å². The van der Waals surface area contributed by atoms with Crippen LogP contribution in [-0.4, -0.2) is 0 Å². The number of benzene rings is 14. The number of hydrogen-bond donors (Lipinski definition) is 0. The third-order valence-electron chi connectivity index (χ3n) is 20.0. The molecule has 95 heavy (non-hydrogen) atoms. The van der Waals surface area contributed by atoms with Gasteiger partial charge >= 0.3 is 0 Å². The van der Waals surface area contributed by atoms with Crippen LogP contribution in [0.15, 0.2) is 315 Å². The molecule has 14 aromatic carbocycles. The molecule has 0 atom stereocenters. The van der Waals surface area contributed by atoms with Crippen molar-refractivity contribution in [2.45, 2.75) is 70.6 Å². The Hall–Kier alpha value is -10.9. The van der Waals surface area contributed by atoms with Crippen LogP contribution in [0.4, 0.5) is 0 Å². The summed E-state index contributed by atoms with van der Waals surface area (Å²) < 4.78 is 0. The van der Waals surface area contributed by atoms with E-state index in [-0.39, 0.29) is 0 Å². The van der Waals surface area contributed by atoms with Crippen LogP contribution in [-0.2, 0) is 70.6 Å². The van der Waals surface area contributed by atoms with Crippen molar-refractivity contribution in [1.82, 2.24) is 0 Å². The lowest BCUT2D eigenvalue weighted by Gasteiger charge is -2.16. The molecule has 14 aromatic rings. The molecule has 0 saturated heterocycles. The van der Waals surface area contributed by atoms with Gasteiger partial charge in [0.2, 0.25) is 0 Å². The molecule has 0 saturated carbocycles. The highest BCUT2D eigenvalue weighted by Gasteiger charge is 2.17. The molecule has 0 heterocycles. The molecule has 23 rings (SSSR count). The van der Waals surface area contributed by atoms with Crippen LogP contribution >= 0.6 is 0 Å². The Kier molecular flexibility index (Phi) is 15.6. The van der Waals surface area contributed by atoms with E-state index < -0.39 is 0 Å². The van der Waals surface area contributed by atoms with Gasteiger partial charge in [-0.2, -0.15) is 0 Å². The van der Waals surface area contributed by atoms with Gasteiger partial charge in [0.15, 0.2) is 0 Å². The van der Waals surface area contributed by atoms with Crippen molar-refractivity contribution in [2.24, 2.45) is 0 Å². The highest BCUT2D eigenvalue weighted by molar-refractivity contribution is 5.72. The molecule has 0 N–H and O–H groups in total. The van der Waals surface area contributed by atoms with Gasteiger partial charge < -0.3 is 0 Å². The van der Waals surface area contributed by atoms with E-state index in [0.717, 1.165) is 70.6 Å². The Morgan fingerprint density at radius 2 is 0.316 bits per heavy atom.